The summed E-state index contributed by atoms with van der Waals surface area (Å²) in [7, 11) is 3.16. The van der Waals surface area contributed by atoms with Crippen molar-refractivity contribution in [2.45, 2.75) is 6.54 Å². The number of methoxy groups -OCH3 is 2. The van der Waals surface area contributed by atoms with Crippen molar-refractivity contribution in [3.05, 3.63) is 50.7 Å². The van der Waals surface area contributed by atoms with Crippen LogP contribution in [0.2, 0.25) is 0 Å². The number of ether oxygens (including phenoxy) is 2. The fraction of sp³-hybridized carbons (Fsp3) is 0.200. The van der Waals surface area contributed by atoms with E-state index in [2.05, 4.69) is 37.2 Å². The van der Waals surface area contributed by atoms with Gasteiger partial charge in [0.05, 0.1) is 19.9 Å². The largest absolute Gasteiger partial charge is 0.493 e. The second kappa shape index (κ2) is 7.13. The van der Waals surface area contributed by atoms with E-state index < -0.39 is 0 Å². The van der Waals surface area contributed by atoms with Crippen LogP contribution in [0.3, 0.4) is 0 Å². The predicted molar refractivity (Wildman–Crippen MR) is 88.7 cm³/mol. The molecular formula is C15H14Br2FNO2. The van der Waals surface area contributed by atoms with E-state index in [1.807, 2.05) is 12.1 Å². The van der Waals surface area contributed by atoms with Crippen molar-refractivity contribution in [1.29, 1.82) is 0 Å². The average molecular weight is 419 g/mol. The van der Waals surface area contributed by atoms with E-state index >= 15 is 0 Å². The van der Waals surface area contributed by atoms with E-state index in [1.165, 1.54) is 6.07 Å². The molecule has 21 heavy (non-hydrogen) atoms. The Kier molecular flexibility index (Phi) is 5.47. The molecule has 0 aliphatic rings. The van der Waals surface area contributed by atoms with Crippen molar-refractivity contribution in [3.8, 4) is 11.5 Å². The highest BCUT2D eigenvalue weighted by atomic mass is 79.9. The van der Waals surface area contributed by atoms with Gasteiger partial charge in [-0.3, -0.25) is 0 Å². The van der Waals surface area contributed by atoms with Gasteiger partial charge in [0, 0.05) is 15.5 Å². The lowest BCUT2D eigenvalue weighted by Crippen LogP contribution is -2.03. The van der Waals surface area contributed by atoms with E-state index in [4.69, 9.17) is 9.47 Å². The molecular weight excluding hydrogens is 405 g/mol. The smallest absolute Gasteiger partial charge is 0.161 e. The van der Waals surface area contributed by atoms with Gasteiger partial charge in [0.25, 0.3) is 0 Å². The first-order valence-corrected chi connectivity index (χ1v) is 7.73. The normalized spacial score (nSPS) is 10.3. The monoisotopic (exact) mass is 417 g/mol. The highest BCUT2D eigenvalue weighted by molar-refractivity contribution is 9.10. The van der Waals surface area contributed by atoms with Crippen molar-refractivity contribution in [3.63, 3.8) is 0 Å². The maximum absolute atomic E-state index is 13.8. The van der Waals surface area contributed by atoms with Crippen LogP contribution in [0, 0.1) is 5.82 Å². The van der Waals surface area contributed by atoms with Gasteiger partial charge >= 0.3 is 0 Å². The molecule has 112 valence electrons. The Hall–Kier alpha value is -1.27. The molecule has 0 aromatic heterocycles. The van der Waals surface area contributed by atoms with Gasteiger partial charge in [-0.05, 0) is 35.9 Å². The van der Waals surface area contributed by atoms with Gasteiger partial charge < -0.3 is 14.8 Å². The van der Waals surface area contributed by atoms with Crippen LogP contribution in [0.5, 0.6) is 11.5 Å². The molecule has 0 atom stereocenters. The molecule has 0 saturated heterocycles. The summed E-state index contributed by atoms with van der Waals surface area (Å²) in [5.41, 5.74) is 1.38. The topological polar surface area (TPSA) is 30.5 Å². The summed E-state index contributed by atoms with van der Waals surface area (Å²) in [6.45, 7) is 0.458. The summed E-state index contributed by atoms with van der Waals surface area (Å²) < 4.78 is 25.8. The Morgan fingerprint density at radius 2 is 1.71 bits per heavy atom. The van der Waals surface area contributed by atoms with Crippen molar-refractivity contribution < 1.29 is 13.9 Å². The zero-order valence-corrected chi connectivity index (χ0v) is 14.7. The van der Waals surface area contributed by atoms with Gasteiger partial charge in [0.2, 0.25) is 0 Å². The van der Waals surface area contributed by atoms with Gasteiger partial charge in [0.15, 0.2) is 11.5 Å². The number of rotatable bonds is 5. The number of benzene rings is 2. The van der Waals surface area contributed by atoms with Gasteiger partial charge in [-0.1, -0.05) is 31.9 Å². The molecule has 0 spiro atoms. The minimum absolute atomic E-state index is 0.305. The maximum Gasteiger partial charge on any atom is 0.161 e. The third-order valence-electron chi connectivity index (χ3n) is 2.95. The lowest BCUT2D eigenvalue weighted by molar-refractivity contribution is 0.354. The highest BCUT2D eigenvalue weighted by Crippen LogP contribution is 2.33. The second-order valence-electron chi connectivity index (χ2n) is 4.28. The van der Waals surface area contributed by atoms with Gasteiger partial charge in [-0.15, -0.1) is 0 Å². The third-order valence-corrected chi connectivity index (χ3v) is 4.18. The van der Waals surface area contributed by atoms with E-state index in [0.717, 1.165) is 10.0 Å². The van der Waals surface area contributed by atoms with E-state index in [1.54, 1.807) is 26.4 Å². The zero-order valence-electron chi connectivity index (χ0n) is 11.5. The number of hydrogen-bond acceptors (Lipinski definition) is 3. The first-order chi connectivity index (χ1) is 10.0. The molecule has 1 N–H and O–H groups in total. The summed E-state index contributed by atoms with van der Waals surface area (Å²) in [6.07, 6.45) is 0. The molecule has 0 unspecified atom stereocenters. The standard InChI is InChI=1S/C15H14Br2FNO2/c1-20-14-5-9(11(17)7-15(14)21-2)8-19-13-4-3-10(16)6-12(13)18/h3-7,19H,8H2,1-2H3. The van der Waals surface area contributed by atoms with E-state index in [9.17, 15) is 4.39 Å². The Labute approximate surface area is 139 Å². The molecule has 0 heterocycles. The average Bonchev–Trinajstić information content (AvgIpc) is 2.47. The first-order valence-electron chi connectivity index (χ1n) is 6.14. The van der Waals surface area contributed by atoms with Crippen LogP contribution >= 0.6 is 31.9 Å². The maximum atomic E-state index is 13.8. The molecule has 0 aliphatic heterocycles. The highest BCUT2D eigenvalue weighted by Gasteiger charge is 2.10. The number of halogens is 3. The van der Waals surface area contributed by atoms with Crippen LogP contribution < -0.4 is 14.8 Å². The van der Waals surface area contributed by atoms with Crippen LogP contribution in [0.25, 0.3) is 0 Å². The Morgan fingerprint density at radius 3 is 2.33 bits per heavy atom. The molecule has 2 rings (SSSR count). The molecule has 0 saturated carbocycles. The van der Waals surface area contributed by atoms with E-state index in [0.29, 0.717) is 28.2 Å². The second-order valence-corrected chi connectivity index (χ2v) is 6.05. The molecule has 0 fully saturated rings. The van der Waals surface area contributed by atoms with Crippen LogP contribution in [-0.4, -0.2) is 14.2 Å². The Bertz CT molecular complexity index is 650. The summed E-state index contributed by atoms with van der Waals surface area (Å²) in [5, 5.41) is 3.06. The molecule has 2 aromatic carbocycles. The van der Waals surface area contributed by atoms with Crippen molar-refractivity contribution in [1.82, 2.24) is 0 Å². The first kappa shape index (κ1) is 16.1. The van der Waals surface area contributed by atoms with Crippen LogP contribution in [0.4, 0.5) is 10.1 Å². The van der Waals surface area contributed by atoms with Gasteiger partial charge in [-0.25, -0.2) is 4.39 Å². The predicted octanol–water partition coefficient (Wildman–Crippen LogP) is 4.98. The molecule has 6 heteroatoms. The zero-order chi connectivity index (χ0) is 15.4. The summed E-state index contributed by atoms with van der Waals surface area (Å²) in [4.78, 5) is 0. The molecule has 3 nitrogen and oxygen atoms in total. The minimum atomic E-state index is -0.305. The molecule has 2 aromatic rings. The summed E-state index contributed by atoms with van der Waals surface area (Å²) >= 11 is 6.71. The molecule has 0 radical (unpaired) electrons. The number of anilines is 1. The van der Waals surface area contributed by atoms with E-state index in [-0.39, 0.29) is 5.82 Å². The Morgan fingerprint density at radius 1 is 1.05 bits per heavy atom. The van der Waals surface area contributed by atoms with Crippen LogP contribution in [0.1, 0.15) is 5.56 Å². The molecule has 0 aliphatic carbocycles. The fourth-order valence-electron chi connectivity index (χ4n) is 1.86. The third kappa shape index (κ3) is 3.89. The molecule has 0 bridgehead atoms. The summed E-state index contributed by atoms with van der Waals surface area (Å²) in [6, 6.07) is 8.58. The SMILES string of the molecule is COc1cc(Br)c(CNc2ccc(Br)cc2F)cc1OC. The van der Waals surface area contributed by atoms with Crippen molar-refractivity contribution >= 4 is 37.5 Å². The Balaban J connectivity index is 2.19. The van der Waals surface area contributed by atoms with Crippen molar-refractivity contribution in [2.75, 3.05) is 19.5 Å². The van der Waals surface area contributed by atoms with Crippen LogP contribution in [0.15, 0.2) is 39.3 Å². The van der Waals surface area contributed by atoms with Gasteiger partial charge in [0.1, 0.15) is 5.82 Å². The van der Waals surface area contributed by atoms with Gasteiger partial charge in [-0.2, -0.15) is 0 Å². The lowest BCUT2D eigenvalue weighted by atomic mass is 10.2. The quantitative estimate of drug-likeness (QED) is 0.742. The number of hydrogen-bond donors (Lipinski definition) is 1. The van der Waals surface area contributed by atoms with Crippen molar-refractivity contribution in [2.24, 2.45) is 0 Å². The lowest BCUT2D eigenvalue weighted by Gasteiger charge is -2.13. The molecule has 0 amide bonds. The number of nitrogens with one attached hydrogen (secondary N) is 1. The summed E-state index contributed by atoms with van der Waals surface area (Å²) in [5.74, 6) is 0.970. The van der Waals surface area contributed by atoms with Crippen LogP contribution in [-0.2, 0) is 6.54 Å². The minimum Gasteiger partial charge on any atom is -0.493 e. The fourth-order valence-corrected chi connectivity index (χ4v) is 2.65.